The molecule has 0 aromatic heterocycles. The number of hydrogen-bond donors (Lipinski definition) is 0. The second-order valence-corrected chi connectivity index (χ2v) is 11.0. The van der Waals surface area contributed by atoms with Crippen LogP contribution in [-0.4, -0.2) is 50.2 Å². The lowest BCUT2D eigenvalue weighted by Gasteiger charge is -2.37. The number of hydrogen-bond acceptors (Lipinski definition) is 5. The third-order valence-corrected chi connectivity index (χ3v) is 8.06. The fraction of sp³-hybridized carbons (Fsp3) is 0.917. The van der Waals surface area contributed by atoms with Crippen molar-refractivity contribution in [3.8, 4) is 0 Å². The summed E-state index contributed by atoms with van der Waals surface area (Å²) in [5.74, 6) is 2.65. The maximum atomic E-state index is 13.2. The highest BCUT2D eigenvalue weighted by Crippen LogP contribution is 2.59. The molecule has 5 nitrogen and oxygen atoms in total. The van der Waals surface area contributed by atoms with Crippen molar-refractivity contribution >= 4 is 11.9 Å². The highest BCUT2D eigenvalue weighted by molar-refractivity contribution is 5.80. The molecule has 3 fully saturated rings. The molecule has 0 spiro atoms. The first kappa shape index (κ1) is 22.6. The van der Waals surface area contributed by atoms with E-state index in [0.29, 0.717) is 31.9 Å². The lowest BCUT2D eigenvalue weighted by molar-refractivity contribution is -0.170. The van der Waals surface area contributed by atoms with Crippen molar-refractivity contribution in [3.05, 3.63) is 0 Å². The third kappa shape index (κ3) is 4.65. The highest BCUT2D eigenvalue weighted by Gasteiger charge is 2.56. The number of esters is 2. The minimum absolute atomic E-state index is 0.0906. The van der Waals surface area contributed by atoms with Gasteiger partial charge in [0.2, 0.25) is 0 Å². The number of ether oxygens (including phenoxy) is 2. The first-order valence-corrected chi connectivity index (χ1v) is 11.6. The van der Waals surface area contributed by atoms with E-state index in [-0.39, 0.29) is 18.0 Å². The predicted octanol–water partition coefficient (Wildman–Crippen LogP) is 4.29. The van der Waals surface area contributed by atoms with Crippen LogP contribution in [0.2, 0.25) is 0 Å². The Hall–Kier alpha value is -1.10. The molecule has 0 aliphatic heterocycles. The van der Waals surface area contributed by atoms with E-state index >= 15 is 0 Å². The Bertz CT molecular complexity index is 616. The Kier molecular flexibility index (Phi) is 6.67. The van der Waals surface area contributed by atoms with Crippen LogP contribution in [0.15, 0.2) is 0 Å². The molecule has 3 rings (SSSR count). The van der Waals surface area contributed by atoms with Crippen LogP contribution < -0.4 is 0 Å². The van der Waals surface area contributed by atoms with Gasteiger partial charge in [0.1, 0.15) is 12.7 Å². The summed E-state index contributed by atoms with van der Waals surface area (Å²) in [6.07, 6.45) is 7.54. The van der Waals surface area contributed by atoms with Crippen LogP contribution in [0.4, 0.5) is 0 Å². The lowest BCUT2D eigenvalue weighted by atomic mass is 9.72. The summed E-state index contributed by atoms with van der Waals surface area (Å²) >= 11 is 0. The van der Waals surface area contributed by atoms with Gasteiger partial charge in [-0.25, -0.2) is 0 Å². The number of likely N-dealkylation sites (N-methyl/N-ethyl adjacent to an activating group) is 1. The molecular weight excluding hydrogens is 366 g/mol. The fourth-order valence-corrected chi connectivity index (χ4v) is 6.33. The summed E-state index contributed by atoms with van der Waals surface area (Å²) in [6.45, 7) is 8.80. The minimum atomic E-state index is -0.721. The molecule has 5 heteroatoms. The molecule has 2 bridgehead atoms. The van der Waals surface area contributed by atoms with E-state index in [1.807, 2.05) is 46.7 Å². The van der Waals surface area contributed by atoms with Gasteiger partial charge in [0.15, 0.2) is 0 Å². The van der Waals surface area contributed by atoms with Gasteiger partial charge in [-0.1, -0.05) is 13.3 Å². The molecule has 166 valence electrons. The SMILES string of the molecule is CCC(C)(CC(C)(C)C(=O)OCCN(C)C)C(=O)OC1CC2CC1C1CCCC21. The molecule has 3 aliphatic carbocycles. The standard InChI is InChI=1S/C24H41NO4/c1-7-24(4,15-23(2,3)21(26)28-12-11-25(5)6)22(27)29-20-14-16-13-19(20)18-10-8-9-17(16)18/h16-20H,7-15H2,1-6H3. The van der Waals surface area contributed by atoms with Gasteiger partial charge < -0.3 is 14.4 Å². The van der Waals surface area contributed by atoms with Crippen LogP contribution in [0.1, 0.15) is 72.6 Å². The van der Waals surface area contributed by atoms with E-state index in [4.69, 9.17) is 9.47 Å². The van der Waals surface area contributed by atoms with Crippen LogP contribution in [0, 0.1) is 34.5 Å². The molecular formula is C24H41NO4. The molecule has 0 N–H and O–H groups in total. The van der Waals surface area contributed by atoms with Crippen molar-refractivity contribution in [2.75, 3.05) is 27.2 Å². The Morgan fingerprint density at radius 2 is 1.69 bits per heavy atom. The Balaban J connectivity index is 1.58. The van der Waals surface area contributed by atoms with Gasteiger partial charge >= 0.3 is 11.9 Å². The molecule has 29 heavy (non-hydrogen) atoms. The van der Waals surface area contributed by atoms with Gasteiger partial charge in [0.05, 0.1) is 10.8 Å². The molecule has 6 unspecified atom stereocenters. The molecule has 3 aliphatic rings. The second kappa shape index (κ2) is 8.56. The second-order valence-electron chi connectivity index (χ2n) is 11.0. The number of carbonyl (C=O) groups excluding carboxylic acids is 2. The van der Waals surface area contributed by atoms with Crippen LogP contribution in [0.25, 0.3) is 0 Å². The van der Waals surface area contributed by atoms with Crippen molar-refractivity contribution in [1.29, 1.82) is 0 Å². The molecule has 0 saturated heterocycles. The van der Waals surface area contributed by atoms with Crippen LogP contribution in [-0.2, 0) is 19.1 Å². The molecule has 3 saturated carbocycles. The van der Waals surface area contributed by atoms with Gasteiger partial charge in [-0.15, -0.1) is 0 Å². The van der Waals surface area contributed by atoms with Gasteiger partial charge in [-0.3, -0.25) is 9.59 Å². The van der Waals surface area contributed by atoms with Crippen molar-refractivity contribution in [1.82, 2.24) is 4.90 Å². The van der Waals surface area contributed by atoms with E-state index in [0.717, 1.165) is 24.2 Å². The zero-order chi connectivity index (χ0) is 21.4. The van der Waals surface area contributed by atoms with Gasteiger partial charge in [0, 0.05) is 6.54 Å². The first-order chi connectivity index (χ1) is 13.6. The number of nitrogens with zero attached hydrogens (tertiary/aromatic N) is 1. The van der Waals surface area contributed by atoms with Crippen LogP contribution in [0.5, 0.6) is 0 Å². The van der Waals surface area contributed by atoms with Crippen molar-refractivity contribution in [3.63, 3.8) is 0 Å². The van der Waals surface area contributed by atoms with Crippen LogP contribution >= 0.6 is 0 Å². The topological polar surface area (TPSA) is 55.8 Å². The summed E-state index contributed by atoms with van der Waals surface area (Å²) in [5.41, 5.74) is -1.39. The largest absolute Gasteiger partial charge is 0.464 e. The number of carbonyl (C=O) groups is 2. The molecule has 0 radical (unpaired) electrons. The van der Waals surface area contributed by atoms with Gasteiger partial charge in [-0.05, 0) is 97.1 Å². The zero-order valence-electron chi connectivity index (χ0n) is 19.3. The van der Waals surface area contributed by atoms with E-state index in [1.165, 1.54) is 25.7 Å². The van der Waals surface area contributed by atoms with Crippen LogP contribution in [0.3, 0.4) is 0 Å². The van der Waals surface area contributed by atoms with Crippen molar-refractivity contribution in [2.24, 2.45) is 34.5 Å². The third-order valence-electron chi connectivity index (χ3n) is 8.06. The van der Waals surface area contributed by atoms with Gasteiger partial charge in [-0.2, -0.15) is 0 Å². The summed E-state index contributed by atoms with van der Waals surface area (Å²) in [7, 11) is 3.90. The molecule has 0 aromatic rings. The molecule has 0 heterocycles. The molecule has 0 aromatic carbocycles. The quantitative estimate of drug-likeness (QED) is 0.534. The molecule has 6 atom stereocenters. The summed E-state index contributed by atoms with van der Waals surface area (Å²) in [6, 6.07) is 0. The number of rotatable bonds is 9. The number of fused-ring (bicyclic) bond motifs is 5. The summed E-state index contributed by atoms with van der Waals surface area (Å²) in [4.78, 5) is 27.9. The van der Waals surface area contributed by atoms with Crippen molar-refractivity contribution < 1.29 is 19.1 Å². The average Bonchev–Trinajstić information content (AvgIpc) is 3.33. The maximum Gasteiger partial charge on any atom is 0.312 e. The van der Waals surface area contributed by atoms with E-state index in [2.05, 4.69) is 0 Å². The Labute approximate surface area is 176 Å². The van der Waals surface area contributed by atoms with Gasteiger partial charge in [0.25, 0.3) is 0 Å². The lowest BCUT2D eigenvalue weighted by Crippen LogP contribution is -2.42. The Morgan fingerprint density at radius 3 is 2.34 bits per heavy atom. The zero-order valence-corrected chi connectivity index (χ0v) is 19.3. The normalized spacial score (nSPS) is 32.9. The minimum Gasteiger partial charge on any atom is -0.464 e. The average molecular weight is 408 g/mol. The van der Waals surface area contributed by atoms with Crippen molar-refractivity contribution in [2.45, 2.75) is 78.7 Å². The Morgan fingerprint density at radius 1 is 1.00 bits per heavy atom. The predicted molar refractivity (Wildman–Crippen MR) is 113 cm³/mol. The summed E-state index contributed by atoms with van der Waals surface area (Å²) in [5, 5.41) is 0. The van der Waals surface area contributed by atoms with E-state index in [9.17, 15) is 9.59 Å². The summed E-state index contributed by atoms with van der Waals surface area (Å²) < 4.78 is 11.6. The fourth-order valence-electron chi connectivity index (χ4n) is 6.33. The van der Waals surface area contributed by atoms with E-state index in [1.54, 1.807) is 0 Å². The monoisotopic (exact) mass is 407 g/mol. The smallest absolute Gasteiger partial charge is 0.312 e. The van der Waals surface area contributed by atoms with E-state index < -0.39 is 10.8 Å². The maximum absolute atomic E-state index is 13.2. The highest BCUT2D eigenvalue weighted by atomic mass is 16.5. The molecule has 0 amide bonds. The first-order valence-electron chi connectivity index (χ1n) is 11.6.